The van der Waals surface area contributed by atoms with Crippen LogP contribution in [0, 0.1) is 0 Å². The molecule has 2 heteroatoms. The Morgan fingerprint density at radius 1 is 1.40 bits per heavy atom. The van der Waals surface area contributed by atoms with Gasteiger partial charge in [0, 0.05) is 7.11 Å². The number of rotatable bonds is 6. The number of ether oxygens (including phenoxy) is 1. The van der Waals surface area contributed by atoms with Gasteiger partial charge in [0.15, 0.2) is 0 Å². The highest BCUT2D eigenvalue weighted by Crippen LogP contribution is 2.06. The van der Waals surface area contributed by atoms with Crippen LogP contribution in [0.5, 0.6) is 0 Å². The molecule has 0 aliphatic carbocycles. The van der Waals surface area contributed by atoms with Gasteiger partial charge in [-0.2, -0.15) is 0 Å². The molecule has 0 rings (SSSR count). The molecule has 2 nitrogen and oxygen atoms in total. The van der Waals surface area contributed by atoms with Crippen LogP contribution in [-0.2, 0) is 4.74 Å². The summed E-state index contributed by atoms with van der Waals surface area (Å²) in [6.45, 7) is 2.96. The van der Waals surface area contributed by atoms with E-state index in [1.807, 2.05) is 0 Å². The van der Waals surface area contributed by atoms with Gasteiger partial charge in [-0.15, -0.1) is 0 Å². The smallest absolute Gasteiger partial charge is 0.0571 e. The molecule has 0 radical (unpaired) electrons. The van der Waals surface area contributed by atoms with Crippen LogP contribution in [0.4, 0.5) is 0 Å². The fourth-order valence-corrected chi connectivity index (χ4v) is 1.05. The molecule has 0 spiro atoms. The van der Waals surface area contributed by atoms with Gasteiger partial charge in [0.25, 0.3) is 0 Å². The predicted molar refractivity (Wildman–Crippen MR) is 44.0 cm³/mol. The van der Waals surface area contributed by atoms with Crippen molar-refractivity contribution in [2.45, 2.75) is 38.7 Å². The topological polar surface area (TPSA) is 35.2 Å². The van der Waals surface area contributed by atoms with Crippen molar-refractivity contribution in [3.05, 3.63) is 0 Å². The summed E-state index contributed by atoms with van der Waals surface area (Å²) in [5.74, 6) is 0. The summed E-state index contributed by atoms with van der Waals surface area (Å²) in [5, 5.41) is 0. The minimum Gasteiger partial charge on any atom is -0.381 e. The van der Waals surface area contributed by atoms with Gasteiger partial charge in [0.1, 0.15) is 0 Å². The largest absolute Gasteiger partial charge is 0.381 e. The molecule has 0 fully saturated rings. The van der Waals surface area contributed by atoms with E-state index in [2.05, 4.69) is 6.92 Å². The van der Waals surface area contributed by atoms with Crippen LogP contribution in [0.2, 0.25) is 0 Å². The van der Waals surface area contributed by atoms with Crippen LogP contribution in [0.3, 0.4) is 0 Å². The van der Waals surface area contributed by atoms with E-state index in [1.54, 1.807) is 7.11 Å². The van der Waals surface area contributed by atoms with E-state index in [9.17, 15) is 0 Å². The van der Waals surface area contributed by atoms with Crippen LogP contribution in [0.1, 0.15) is 32.6 Å². The van der Waals surface area contributed by atoms with Gasteiger partial charge < -0.3 is 10.5 Å². The van der Waals surface area contributed by atoms with Gasteiger partial charge >= 0.3 is 0 Å². The Hall–Kier alpha value is -0.0800. The third-order valence-electron chi connectivity index (χ3n) is 1.67. The molecular formula is C8H19NO. The molecule has 0 unspecified atom stereocenters. The molecule has 0 amide bonds. The molecule has 0 saturated carbocycles. The molecule has 2 N–H and O–H groups in total. The predicted octanol–water partition coefficient (Wildman–Crippen LogP) is 1.54. The van der Waals surface area contributed by atoms with Gasteiger partial charge in [0.2, 0.25) is 0 Å². The minimum atomic E-state index is 0.438. The van der Waals surface area contributed by atoms with E-state index >= 15 is 0 Å². The first-order valence-electron chi connectivity index (χ1n) is 4.08. The van der Waals surface area contributed by atoms with Crippen molar-refractivity contribution in [3.63, 3.8) is 0 Å². The Balaban J connectivity index is 3.21. The highest BCUT2D eigenvalue weighted by atomic mass is 16.5. The third kappa shape index (κ3) is 4.77. The van der Waals surface area contributed by atoms with Crippen LogP contribution in [0.15, 0.2) is 0 Å². The second-order valence-corrected chi connectivity index (χ2v) is 2.58. The molecule has 10 heavy (non-hydrogen) atoms. The lowest BCUT2D eigenvalue weighted by atomic mass is 10.1. The van der Waals surface area contributed by atoms with Crippen molar-refractivity contribution in [1.82, 2.24) is 0 Å². The third-order valence-corrected chi connectivity index (χ3v) is 1.67. The van der Waals surface area contributed by atoms with Gasteiger partial charge in [-0.1, -0.05) is 13.3 Å². The summed E-state index contributed by atoms with van der Waals surface area (Å²) in [7, 11) is 1.77. The highest BCUT2D eigenvalue weighted by molar-refractivity contribution is 4.56. The molecule has 0 saturated heterocycles. The van der Waals surface area contributed by atoms with Gasteiger partial charge in [-0.25, -0.2) is 0 Å². The Morgan fingerprint density at radius 2 is 2.10 bits per heavy atom. The first-order chi connectivity index (χ1) is 4.85. The summed E-state index contributed by atoms with van der Waals surface area (Å²) in [6.07, 6.45) is 4.99. The molecule has 0 aromatic carbocycles. The first kappa shape index (κ1) is 9.92. The molecular weight excluding hydrogens is 126 g/mol. The van der Waals surface area contributed by atoms with Crippen LogP contribution in [0.25, 0.3) is 0 Å². The van der Waals surface area contributed by atoms with Crippen molar-refractivity contribution in [3.8, 4) is 0 Å². The summed E-state index contributed by atoms with van der Waals surface area (Å²) in [5.41, 5.74) is 5.37. The number of hydrogen-bond acceptors (Lipinski definition) is 2. The maximum absolute atomic E-state index is 5.37. The van der Waals surface area contributed by atoms with Crippen LogP contribution < -0.4 is 5.73 Å². The molecule has 0 aliphatic rings. The van der Waals surface area contributed by atoms with Crippen molar-refractivity contribution < 1.29 is 4.74 Å². The number of methoxy groups -OCH3 is 1. The summed E-state index contributed by atoms with van der Waals surface area (Å²) >= 11 is 0. The van der Waals surface area contributed by atoms with E-state index < -0.39 is 0 Å². The molecule has 0 bridgehead atoms. The Morgan fingerprint density at radius 3 is 2.50 bits per heavy atom. The molecule has 0 heterocycles. The standard InChI is InChI=1S/C8H19NO/c1-3-5-8(10-2)6-4-7-9/h8H,3-7,9H2,1-2H3/t8-/m1/s1. The highest BCUT2D eigenvalue weighted by Gasteiger charge is 2.03. The van der Waals surface area contributed by atoms with E-state index in [4.69, 9.17) is 10.5 Å². The zero-order valence-electron chi connectivity index (χ0n) is 7.10. The van der Waals surface area contributed by atoms with Crippen molar-refractivity contribution >= 4 is 0 Å². The summed E-state index contributed by atoms with van der Waals surface area (Å²) in [6, 6.07) is 0. The lowest BCUT2D eigenvalue weighted by Crippen LogP contribution is -2.12. The molecule has 1 atom stereocenters. The van der Waals surface area contributed by atoms with Crippen LogP contribution >= 0.6 is 0 Å². The van der Waals surface area contributed by atoms with Crippen molar-refractivity contribution in [2.75, 3.05) is 13.7 Å². The fourth-order valence-electron chi connectivity index (χ4n) is 1.05. The summed E-state index contributed by atoms with van der Waals surface area (Å²) in [4.78, 5) is 0. The second kappa shape index (κ2) is 7.03. The lowest BCUT2D eigenvalue weighted by molar-refractivity contribution is 0.0862. The molecule has 0 aromatic rings. The quantitative estimate of drug-likeness (QED) is 0.615. The van der Waals surface area contributed by atoms with E-state index in [-0.39, 0.29) is 0 Å². The van der Waals surface area contributed by atoms with Crippen molar-refractivity contribution in [1.29, 1.82) is 0 Å². The molecule has 0 aromatic heterocycles. The maximum Gasteiger partial charge on any atom is 0.0571 e. The van der Waals surface area contributed by atoms with Gasteiger partial charge in [-0.05, 0) is 25.8 Å². The first-order valence-corrected chi connectivity index (χ1v) is 4.08. The van der Waals surface area contributed by atoms with E-state index in [1.165, 1.54) is 6.42 Å². The zero-order chi connectivity index (χ0) is 7.82. The average Bonchev–Trinajstić information content (AvgIpc) is 1.98. The summed E-state index contributed by atoms with van der Waals surface area (Å²) < 4.78 is 5.24. The van der Waals surface area contributed by atoms with E-state index in [0.29, 0.717) is 6.10 Å². The Kier molecular flexibility index (Phi) is 6.98. The number of nitrogens with two attached hydrogens (primary N) is 1. The minimum absolute atomic E-state index is 0.438. The molecule has 0 aliphatic heterocycles. The van der Waals surface area contributed by atoms with Crippen molar-refractivity contribution in [2.24, 2.45) is 5.73 Å². The van der Waals surface area contributed by atoms with Crippen LogP contribution in [-0.4, -0.2) is 19.8 Å². The zero-order valence-corrected chi connectivity index (χ0v) is 7.10. The van der Waals surface area contributed by atoms with E-state index in [0.717, 1.165) is 25.8 Å². The maximum atomic E-state index is 5.37. The lowest BCUT2D eigenvalue weighted by Gasteiger charge is -2.12. The van der Waals surface area contributed by atoms with Gasteiger partial charge in [-0.3, -0.25) is 0 Å². The fraction of sp³-hybridized carbons (Fsp3) is 1.00. The second-order valence-electron chi connectivity index (χ2n) is 2.58. The van der Waals surface area contributed by atoms with Gasteiger partial charge in [0.05, 0.1) is 6.10 Å². The SMILES string of the molecule is CCC[C@H](CCCN)OC. The number of hydrogen-bond donors (Lipinski definition) is 1. The normalized spacial score (nSPS) is 13.5. The monoisotopic (exact) mass is 145 g/mol. The molecule has 62 valence electrons. The Labute approximate surface area is 63.7 Å². The average molecular weight is 145 g/mol. The Bertz CT molecular complexity index is 66.3.